The molecule has 6 heteroatoms. The van der Waals surface area contributed by atoms with Gasteiger partial charge >= 0.3 is 6.01 Å². The summed E-state index contributed by atoms with van der Waals surface area (Å²) in [7, 11) is 3.30. The molecule has 0 bridgehead atoms. The second-order valence-electron chi connectivity index (χ2n) is 4.32. The summed E-state index contributed by atoms with van der Waals surface area (Å²) in [4.78, 5) is 12.4. The molecule has 0 radical (unpaired) electrons. The predicted molar refractivity (Wildman–Crippen MR) is 68.4 cm³/mol. The van der Waals surface area contributed by atoms with Crippen molar-refractivity contribution in [2.75, 3.05) is 31.3 Å². The van der Waals surface area contributed by atoms with Gasteiger partial charge in [-0.3, -0.25) is 0 Å². The molecule has 96 valence electrons. The standard InChI is InChI=1S/C11H21N5O/c1-7(2)8(3)6-13-10-14-9(12-4)15-11(16-10)17-5/h7-8H,6H2,1-5H3,(H2,12,13,14,15,16). The summed E-state index contributed by atoms with van der Waals surface area (Å²) >= 11 is 0. The molecule has 0 aliphatic heterocycles. The topological polar surface area (TPSA) is 72.0 Å². The van der Waals surface area contributed by atoms with Crippen molar-refractivity contribution in [1.82, 2.24) is 15.0 Å². The van der Waals surface area contributed by atoms with Gasteiger partial charge in [0.15, 0.2) is 0 Å². The molecule has 0 spiro atoms. The van der Waals surface area contributed by atoms with Gasteiger partial charge in [0.25, 0.3) is 0 Å². The van der Waals surface area contributed by atoms with Crippen molar-refractivity contribution in [1.29, 1.82) is 0 Å². The van der Waals surface area contributed by atoms with Crippen LogP contribution in [0.1, 0.15) is 20.8 Å². The maximum absolute atomic E-state index is 5.01. The minimum atomic E-state index is 0.309. The molecule has 1 aromatic rings. The fourth-order valence-corrected chi connectivity index (χ4v) is 1.13. The highest BCUT2D eigenvalue weighted by molar-refractivity contribution is 5.35. The molecule has 0 aliphatic rings. The summed E-state index contributed by atoms with van der Waals surface area (Å²) in [5.74, 6) is 2.20. The van der Waals surface area contributed by atoms with Gasteiger partial charge in [0.05, 0.1) is 7.11 Å². The van der Waals surface area contributed by atoms with E-state index in [0.29, 0.717) is 29.7 Å². The number of anilines is 2. The maximum Gasteiger partial charge on any atom is 0.322 e. The van der Waals surface area contributed by atoms with Crippen molar-refractivity contribution in [3.05, 3.63) is 0 Å². The zero-order valence-corrected chi connectivity index (χ0v) is 11.1. The van der Waals surface area contributed by atoms with Crippen molar-refractivity contribution in [3.63, 3.8) is 0 Å². The number of methoxy groups -OCH3 is 1. The van der Waals surface area contributed by atoms with Crippen LogP contribution in [0, 0.1) is 11.8 Å². The monoisotopic (exact) mass is 239 g/mol. The van der Waals surface area contributed by atoms with Crippen LogP contribution < -0.4 is 15.4 Å². The summed E-state index contributed by atoms with van der Waals surface area (Å²) < 4.78 is 5.01. The normalized spacial score (nSPS) is 12.4. The summed E-state index contributed by atoms with van der Waals surface area (Å²) in [6, 6.07) is 0.309. The lowest BCUT2D eigenvalue weighted by molar-refractivity contribution is 0.379. The van der Waals surface area contributed by atoms with Crippen molar-refractivity contribution >= 4 is 11.9 Å². The van der Waals surface area contributed by atoms with Crippen LogP contribution >= 0.6 is 0 Å². The Kier molecular flexibility index (Phi) is 4.93. The predicted octanol–water partition coefficient (Wildman–Crippen LogP) is 1.63. The van der Waals surface area contributed by atoms with E-state index in [1.807, 2.05) is 0 Å². The van der Waals surface area contributed by atoms with Gasteiger partial charge in [-0.25, -0.2) is 0 Å². The molecular weight excluding hydrogens is 218 g/mol. The molecular formula is C11H21N5O. The van der Waals surface area contributed by atoms with Crippen molar-refractivity contribution < 1.29 is 4.74 Å². The number of ether oxygens (including phenoxy) is 1. The third-order valence-corrected chi connectivity index (χ3v) is 2.74. The average Bonchev–Trinajstić information content (AvgIpc) is 2.35. The summed E-state index contributed by atoms with van der Waals surface area (Å²) in [6.45, 7) is 7.40. The third kappa shape index (κ3) is 4.05. The highest BCUT2D eigenvalue weighted by Crippen LogP contribution is 2.13. The van der Waals surface area contributed by atoms with E-state index in [4.69, 9.17) is 4.74 Å². The fourth-order valence-electron chi connectivity index (χ4n) is 1.13. The molecule has 1 aromatic heterocycles. The van der Waals surface area contributed by atoms with E-state index in [-0.39, 0.29) is 0 Å². The van der Waals surface area contributed by atoms with E-state index in [0.717, 1.165) is 6.54 Å². The Morgan fingerprint density at radius 2 is 1.76 bits per heavy atom. The van der Waals surface area contributed by atoms with E-state index in [1.54, 1.807) is 7.05 Å². The van der Waals surface area contributed by atoms with Crippen LogP contribution in [0.5, 0.6) is 6.01 Å². The summed E-state index contributed by atoms with van der Waals surface area (Å²) in [5, 5.41) is 6.06. The Balaban J connectivity index is 2.70. The Bertz CT molecular complexity index is 333. The van der Waals surface area contributed by atoms with Crippen LogP contribution in [0.3, 0.4) is 0 Å². The average molecular weight is 239 g/mol. The second-order valence-corrected chi connectivity index (χ2v) is 4.32. The molecule has 0 amide bonds. The first kappa shape index (κ1) is 13.5. The van der Waals surface area contributed by atoms with Gasteiger partial charge in [0.1, 0.15) is 0 Å². The molecule has 0 saturated carbocycles. The number of hydrogen-bond donors (Lipinski definition) is 2. The molecule has 0 aromatic carbocycles. The van der Waals surface area contributed by atoms with Crippen LogP contribution in [0.15, 0.2) is 0 Å². The molecule has 1 heterocycles. The van der Waals surface area contributed by atoms with Gasteiger partial charge in [0, 0.05) is 13.6 Å². The molecule has 1 unspecified atom stereocenters. The lowest BCUT2D eigenvalue weighted by atomic mass is 9.98. The Morgan fingerprint density at radius 3 is 2.29 bits per heavy atom. The maximum atomic E-state index is 5.01. The van der Waals surface area contributed by atoms with Crippen LogP contribution in [0.2, 0.25) is 0 Å². The quantitative estimate of drug-likeness (QED) is 0.786. The Morgan fingerprint density at radius 1 is 1.12 bits per heavy atom. The van der Waals surface area contributed by atoms with Gasteiger partial charge < -0.3 is 15.4 Å². The summed E-state index contributed by atoms with van der Waals surface area (Å²) in [6.07, 6.45) is 0. The minimum Gasteiger partial charge on any atom is -0.467 e. The zero-order chi connectivity index (χ0) is 12.8. The van der Waals surface area contributed by atoms with Gasteiger partial charge in [0.2, 0.25) is 11.9 Å². The third-order valence-electron chi connectivity index (χ3n) is 2.74. The zero-order valence-electron chi connectivity index (χ0n) is 11.1. The number of rotatable bonds is 6. The van der Waals surface area contributed by atoms with Gasteiger partial charge in [-0.15, -0.1) is 0 Å². The van der Waals surface area contributed by atoms with Gasteiger partial charge in [-0.1, -0.05) is 20.8 Å². The van der Waals surface area contributed by atoms with Gasteiger partial charge in [-0.2, -0.15) is 15.0 Å². The first-order valence-corrected chi connectivity index (χ1v) is 5.78. The first-order chi connectivity index (χ1) is 8.06. The highest BCUT2D eigenvalue weighted by Gasteiger charge is 2.09. The molecule has 0 fully saturated rings. The highest BCUT2D eigenvalue weighted by atomic mass is 16.5. The van der Waals surface area contributed by atoms with E-state index in [9.17, 15) is 0 Å². The Hall–Kier alpha value is -1.59. The van der Waals surface area contributed by atoms with Gasteiger partial charge in [-0.05, 0) is 11.8 Å². The first-order valence-electron chi connectivity index (χ1n) is 5.78. The second kappa shape index (κ2) is 6.22. The van der Waals surface area contributed by atoms with Crippen molar-refractivity contribution in [2.24, 2.45) is 11.8 Å². The molecule has 17 heavy (non-hydrogen) atoms. The molecule has 0 saturated heterocycles. The lowest BCUT2D eigenvalue weighted by Gasteiger charge is -2.16. The molecule has 6 nitrogen and oxygen atoms in total. The van der Waals surface area contributed by atoms with E-state index < -0.39 is 0 Å². The molecule has 0 aliphatic carbocycles. The van der Waals surface area contributed by atoms with Crippen LogP contribution in [0.25, 0.3) is 0 Å². The lowest BCUT2D eigenvalue weighted by Crippen LogP contribution is -2.18. The number of nitrogens with one attached hydrogen (secondary N) is 2. The van der Waals surface area contributed by atoms with E-state index >= 15 is 0 Å². The van der Waals surface area contributed by atoms with E-state index in [1.165, 1.54) is 7.11 Å². The number of hydrogen-bond acceptors (Lipinski definition) is 6. The van der Waals surface area contributed by atoms with Crippen molar-refractivity contribution in [3.8, 4) is 6.01 Å². The smallest absolute Gasteiger partial charge is 0.322 e. The molecule has 1 rings (SSSR count). The fraction of sp³-hybridized carbons (Fsp3) is 0.727. The van der Waals surface area contributed by atoms with Crippen LogP contribution in [-0.2, 0) is 0 Å². The molecule has 1 atom stereocenters. The summed E-state index contributed by atoms with van der Waals surface area (Å²) in [5.41, 5.74) is 0. The van der Waals surface area contributed by atoms with E-state index in [2.05, 4.69) is 46.4 Å². The number of nitrogens with zero attached hydrogens (tertiary/aromatic N) is 3. The number of aromatic nitrogens is 3. The minimum absolute atomic E-state index is 0.309. The van der Waals surface area contributed by atoms with Crippen LogP contribution in [-0.4, -0.2) is 35.7 Å². The Labute approximate surface area is 102 Å². The van der Waals surface area contributed by atoms with Crippen molar-refractivity contribution in [2.45, 2.75) is 20.8 Å². The largest absolute Gasteiger partial charge is 0.467 e. The molecule has 2 N–H and O–H groups in total. The SMILES string of the molecule is CNc1nc(NCC(C)C(C)C)nc(OC)n1. The van der Waals surface area contributed by atoms with Crippen LogP contribution in [0.4, 0.5) is 11.9 Å².